The van der Waals surface area contributed by atoms with Crippen LogP contribution in [0, 0.1) is 0 Å². The van der Waals surface area contributed by atoms with Crippen LogP contribution in [0.5, 0.6) is 5.75 Å². The summed E-state index contributed by atoms with van der Waals surface area (Å²) in [4.78, 5) is 0. The van der Waals surface area contributed by atoms with Crippen molar-refractivity contribution in [2.75, 3.05) is 6.61 Å². The van der Waals surface area contributed by atoms with Gasteiger partial charge in [0.2, 0.25) is 0 Å². The van der Waals surface area contributed by atoms with Crippen molar-refractivity contribution in [2.24, 2.45) is 0 Å². The van der Waals surface area contributed by atoms with Crippen LogP contribution in [-0.4, -0.2) is 16.3 Å². The molecule has 1 aliphatic rings. The maximum atomic E-state index is 9.85. The molecule has 2 heterocycles. The second kappa shape index (κ2) is 5.51. The van der Waals surface area contributed by atoms with Gasteiger partial charge in [-0.15, -0.1) is 0 Å². The van der Waals surface area contributed by atoms with Crippen molar-refractivity contribution < 1.29 is 9.84 Å². The highest BCUT2D eigenvalue weighted by atomic mass is 35.5. The summed E-state index contributed by atoms with van der Waals surface area (Å²) >= 11 is 6.17. The molecule has 4 heteroatoms. The van der Waals surface area contributed by atoms with Gasteiger partial charge in [0.1, 0.15) is 5.75 Å². The molecule has 1 aliphatic heterocycles. The van der Waals surface area contributed by atoms with Crippen LogP contribution in [0.3, 0.4) is 0 Å². The number of benzene rings is 1. The molecule has 1 unspecified atom stereocenters. The second-order valence-corrected chi connectivity index (χ2v) is 5.63. The molecule has 0 saturated carbocycles. The number of aliphatic hydroxyl groups is 1. The molecule has 1 aromatic heterocycles. The minimum Gasteiger partial charge on any atom is -0.493 e. The molecular weight excluding hydrogens is 274 g/mol. The van der Waals surface area contributed by atoms with E-state index in [1.807, 2.05) is 37.5 Å². The fraction of sp³-hybridized carbons (Fsp3) is 0.375. The molecule has 0 radical (unpaired) electrons. The third-order valence-electron chi connectivity index (χ3n) is 3.72. The molecule has 0 amide bonds. The molecule has 20 heavy (non-hydrogen) atoms. The van der Waals surface area contributed by atoms with E-state index >= 15 is 0 Å². The Kier molecular flexibility index (Phi) is 3.72. The van der Waals surface area contributed by atoms with Crippen molar-refractivity contribution in [3.63, 3.8) is 0 Å². The summed E-state index contributed by atoms with van der Waals surface area (Å²) in [5, 5.41) is 10.6. The maximum absolute atomic E-state index is 9.85. The second-order valence-electron chi connectivity index (χ2n) is 5.19. The molecule has 3 nitrogen and oxygen atoms in total. The van der Waals surface area contributed by atoms with Crippen LogP contribution in [0.25, 0.3) is 0 Å². The predicted molar refractivity (Wildman–Crippen MR) is 79.4 cm³/mol. The average Bonchev–Trinajstić information content (AvgIpc) is 3.06. The Bertz CT molecular complexity index is 621. The van der Waals surface area contributed by atoms with E-state index < -0.39 is 6.10 Å². The van der Waals surface area contributed by atoms with E-state index in [4.69, 9.17) is 16.3 Å². The van der Waals surface area contributed by atoms with Gasteiger partial charge in [0.05, 0.1) is 19.3 Å². The monoisotopic (exact) mass is 291 g/mol. The van der Waals surface area contributed by atoms with Crippen LogP contribution in [0.4, 0.5) is 0 Å². The van der Waals surface area contributed by atoms with Crippen molar-refractivity contribution in [3.8, 4) is 5.75 Å². The average molecular weight is 292 g/mol. The zero-order chi connectivity index (χ0) is 14.1. The fourth-order valence-corrected chi connectivity index (χ4v) is 2.91. The van der Waals surface area contributed by atoms with Gasteiger partial charge in [-0.05, 0) is 35.7 Å². The first-order valence-corrected chi connectivity index (χ1v) is 7.33. The lowest BCUT2D eigenvalue weighted by molar-refractivity contribution is 0.173. The molecule has 106 valence electrons. The van der Waals surface area contributed by atoms with Crippen molar-refractivity contribution in [2.45, 2.75) is 32.4 Å². The molecule has 1 N–H and O–H groups in total. The Balaban J connectivity index is 1.86. The Morgan fingerprint density at radius 3 is 3.10 bits per heavy atom. The van der Waals surface area contributed by atoms with Gasteiger partial charge in [0.15, 0.2) is 0 Å². The standard InChI is InChI=1S/C16H18ClNO2/c1-2-15(19)12-3-5-18(9-12)10-13-8-14(17)7-11-4-6-20-16(11)13/h3,5,7-9,15,19H,2,4,6,10H2,1H3. The maximum Gasteiger partial charge on any atom is 0.127 e. The molecular formula is C16H18ClNO2. The fourth-order valence-electron chi connectivity index (χ4n) is 2.65. The Labute approximate surface area is 123 Å². The van der Waals surface area contributed by atoms with Crippen LogP contribution in [-0.2, 0) is 13.0 Å². The summed E-state index contributed by atoms with van der Waals surface area (Å²) in [6.45, 7) is 3.41. The normalized spacial score (nSPS) is 14.9. The molecule has 0 fully saturated rings. The van der Waals surface area contributed by atoms with Gasteiger partial charge in [-0.1, -0.05) is 18.5 Å². The third-order valence-corrected chi connectivity index (χ3v) is 3.94. The van der Waals surface area contributed by atoms with Gasteiger partial charge >= 0.3 is 0 Å². The van der Waals surface area contributed by atoms with Crippen LogP contribution in [0.1, 0.15) is 36.1 Å². The molecule has 0 spiro atoms. The van der Waals surface area contributed by atoms with E-state index in [0.29, 0.717) is 6.54 Å². The van der Waals surface area contributed by atoms with Gasteiger partial charge in [-0.25, -0.2) is 0 Å². The lowest BCUT2D eigenvalue weighted by atomic mass is 10.1. The van der Waals surface area contributed by atoms with E-state index in [2.05, 4.69) is 4.57 Å². The topological polar surface area (TPSA) is 34.4 Å². The number of halogens is 1. The molecule has 0 saturated heterocycles. The van der Waals surface area contributed by atoms with Crippen LogP contribution < -0.4 is 4.74 Å². The summed E-state index contributed by atoms with van der Waals surface area (Å²) in [7, 11) is 0. The van der Waals surface area contributed by atoms with Crippen LogP contribution >= 0.6 is 11.6 Å². The highest BCUT2D eigenvalue weighted by Crippen LogP contribution is 2.33. The van der Waals surface area contributed by atoms with Gasteiger partial charge < -0.3 is 14.4 Å². The van der Waals surface area contributed by atoms with Gasteiger partial charge in [0, 0.05) is 29.4 Å². The SMILES string of the molecule is CCC(O)c1ccn(Cc2cc(Cl)cc3c2OCC3)c1. The van der Waals surface area contributed by atoms with E-state index in [0.717, 1.165) is 41.3 Å². The molecule has 0 bridgehead atoms. The molecule has 1 aromatic carbocycles. The van der Waals surface area contributed by atoms with E-state index in [9.17, 15) is 5.11 Å². The summed E-state index contributed by atoms with van der Waals surface area (Å²) in [6, 6.07) is 5.90. The highest BCUT2D eigenvalue weighted by molar-refractivity contribution is 6.30. The first-order chi connectivity index (χ1) is 9.67. The van der Waals surface area contributed by atoms with E-state index in [-0.39, 0.29) is 0 Å². The van der Waals surface area contributed by atoms with Crippen molar-refractivity contribution in [1.29, 1.82) is 0 Å². The zero-order valence-corrected chi connectivity index (χ0v) is 12.2. The number of rotatable bonds is 4. The molecule has 3 rings (SSSR count). The number of aliphatic hydroxyl groups excluding tert-OH is 1. The lowest BCUT2D eigenvalue weighted by Gasteiger charge is -2.10. The van der Waals surface area contributed by atoms with Gasteiger partial charge in [-0.3, -0.25) is 0 Å². The number of hydrogen-bond acceptors (Lipinski definition) is 2. The van der Waals surface area contributed by atoms with E-state index in [1.54, 1.807) is 0 Å². The summed E-state index contributed by atoms with van der Waals surface area (Å²) in [6.07, 6.45) is 5.22. The first kappa shape index (κ1) is 13.5. The highest BCUT2D eigenvalue weighted by Gasteiger charge is 2.18. The summed E-state index contributed by atoms with van der Waals surface area (Å²) in [5.41, 5.74) is 3.23. The van der Waals surface area contributed by atoms with Crippen molar-refractivity contribution >= 4 is 11.6 Å². The van der Waals surface area contributed by atoms with Crippen molar-refractivity contribution in [3.05, 3.63) is 52.3 Å². The molecule has 1 atom stereocenters. The Hall–Kier alpha value is -1.45. The van der Waals surface area contributed by atoms with Crippen molar-refractivity contribution in [1.82, 2.24) is 4.57 Å². The Morgan fingerprint density at radius 1 is 1.45 bits per heavy atom. The van der Waals surface area contributed by atoms with Gasteiger partial charge in [-0.2, -0.15) is 0 Å². The predicted octanol–water partition coefficient (Wildman–Crippen LogP) is 3.57. The number of hydrogen-bond donors (Lipinski definition) is 1. The molecule has 2 aromatic rings. The quantitative estimate of drug-likeness (QED) is 0.934. The minimum atomic E-state index is -0.391. The van der Waals surface area contributed by atoms with E-state index in [1.165, 1.54) is 5.56 Å². The number of ether oxygens (including phenoxy) is 1. The summed E-state index contributed by atoms with van der Waals surface area (Å²) in [5.74, 6) is 0.973. The number of aromatic nitrogens is 1. The van der Waals surface area contributed by atoms with Gasteiger partial charge in [0.25, 0.3) is 0 Å². The smallest absolute Gasteiger partial charge is 0.127 e. The zero-order valence-electron chi connectivity index (χ0n) is 11.5. The first-order valence-electron chi connectivity index (χ1n) is 6.95. The molecule has 0 aliphatic carbocycles. The number of fused-ring (bicyclic) bond motifs is 1. The number of nitrogens with zero attached hydrogens (tertiary/aromatic N) is 1. The Morgan fingerprint density at radius 2 is 2.30 bits per heavy atom. The third kappa shape index (κ3) is 2.56. The van der Waals surface area contributed by atoms with Crippen LogP contribution in [0.15, 0.2) is 30.6 Å². The summed E-state index contributed by atoms with van der Waals surface area (Å²) < 4.78 is 7.77. The minimum absolute atomic E-state index is 0.391. The van der Waals surface area contributed by atoms with Crippen LogP contribution in [0.2, 0.25) is 5.02 Å². The largest absolute Gasteiger partial charge is 0.493 e. The lowest BCUT2D eigenvalue weighted by Crippen LogP contribution is -2.00.